The molecule has 106 valence electrons. The number of fused-ring (bicyclic) bond motifs is 1. The van der Waals surface area contributed by atoms with E-state index in [4.69, 9.17) is 4.74 Å². The Kier molecular flexibility index (Phi) is 3.66. The van der Waals surface area contributed by atoms with Crippen molar-refractivity contribution in [2.24, 2.45) is 0 Å². The molecule has 0 unspecified atom stereocenters. The maximum atomic E-state index is 11.3. The van der Waals surface area contributed by atoms with Gasteiger partial charge in [-0.15, -0.1) is 0 Å². The first kappa shape index (κ1) is 13.7. The van der Waals surface area contributed by atoms with Gasteiger partial charge in [0.1, 0.15) is 5.75 Å². The molecule has 0 saturated carbocycles. The number of imidazole rings is 1. The lowest BCUT2D eigenvalue weighted by Crippen LogP contribution is -1.90. The van der Waals surface area contributed by atoms with Gasteiger partial charge in [-0.25, -0.2) is 4.98 Å². The first-order chi connectivity index (χ1) is 10.2. The van der Waals surface area contributed by atoms with Gasteiger partial charge in [0.2, 0.25) is 0 Å². The molecular weight excluding hydrogens is 284 g/mol. The molecule has 0 spiro atoms. The van der Waals surface area contributed by atoms with Crippen LogP contribution in [0.4, 0.5) is 0 Å². The topological polar surface area (TPSA) is 55.0 Å². The van der Waals surface area contributed by atoms with Crippen LogP contribution in [0.25, 0.3) is 11.0 Å². The van der Waals surface area contributed by atoms with Crippen molar-refractivity contribution in [3.63, 3.8) is 0 Å². The van der Waals surface area contributed by atoms with E-state index in [0.29, 0.717) is 5.56 Å². The summed E-state index contributed by atoms with van der Waals surface area (Å²) in [5.41, 5.74) is 2.56. The fraction of sp³-hybridized carbons (Fsp3) is 0.125. The number of rotatable bonds is 4. The molecule has 0 atom stereocenters. The van der Waals surface area contributed by atoms with Gasteiger partial charge in [-0.05, 0) is 31.2 Å². The number of aromatic amines is 1. The molecule has 2 aromatic carbocycles. The van der Waals surface area contributed by atoms with Gasteiger partial charge >= 0.3 is 0 Å². The number of ether oxygens (including phenoxy) is 1. The SMILES string of the molecule is COc1ccc2nc(Sc3ccc(C(C)=O)cc3)[nH]c2c1. The van der Waals surface area contributed by atoms with E-state index in [-0.39, 0.29) is 5.78 Å². The summed E-state index contributed by atoms with van der Waals surface area (Å²) >= 11 is 1.53. The number of methoxy groups -OCH3 is 1. The summed E-state index contributed by atoms with van der Waals surface area (Å²) in [5, 5.41) is 0.814. The van der Waals surface area contributed by atoms with Crippen molar-refractivity contribution >= 4 is 28.6 Å². The third-order valence-electron chi connectivity index (χ3n) is 3.14. The zero-order valence-electron chi connectivity index (χ0n) is 11.7. The first-order valence-electron chi connectivity index (χ1n) is 6.48. The molecule has 0 fully saturated rings. The number of benzene rings is 2. The van der Waals surface area contributed by atoms with Crippen LogP contribution in [0.5, 0.6) is 5.75 Å². The third-order valence-corrected chi connectivity index (χ3v) is 4.04. The van der Waals surface area contributed by atoms with Crippen molar-refractivity contribution in [3.05, 3.63) is 48.0 Å². The number of ketones is 1. The number of aromatic nitrogens is 2. The molecule has 0 aliphatic heterocycles. The van der Waals surface area contributed by atoms with Gasteiger partial charge in [0, 0.05) is 16.5 Å². The number of carbonyl (C=O) groups is 1. The van der Waals surface area contributed by atoms with E-state index >= 15 is 0 Å². The predicted octanol–water partition coefficient (Wildman–Crippen LogP) is 3.93. The van der Waals surface area contributed by atoms with Crippen molar-refractivity contribution in [2.45, 2.75) is 17.0 Å². The lowest BCUT2D eigenvalue weighted by molar-refractivity contribution is 0.101. The third kappa shape index (κ3) is 2.92. The van der Waals surface area contributed by atoms with Crippen LogP contribution in [0, 0.1) is 0 Å². The van der Waals surface area contributed by atoms with Gasteiger partial charge in [-0.1, -0.05) is 23.9 Å². The van der Waals surface area contributed by atoms with E-state index in [2.05, 4.69) is 9.97 Å². The molecule has 5 heteroatoms. The zero-order valence-corrected chi connectivity index (χ0v) is 12.5. The number of H-pyrrole nitrogens is 1. The summed E-state index contributed by atoms with van der Waals surface area (Å²) < 4.78 is 5.20. The molecule has 0 radical (unpaired) electrons. The Morgan fingerprint density at radius 1 is 1.19 bits per heavy atom. The van der Waals surface area contributed by atoms with Crippen molar-refractivity contribution in [1.82, 2.24) is 9.97 Å². The summed E-state index contributed by atoms with van der Waals surface area (Å²) in [6.45, 7) is 1.56. The van der Waals surface area contributed by atoms with Gasteiger partial charge in [-0.3, -0.25) is 4.79 Å². The second kappa shape index (κ2) is 5.61. The number of nitrogens with one attached hydrogen (secondary N) is 1. The Morgan fingerprint density at radius 2 is 1.95 bits per heavy atom. The summed E-state index contributed by atoms with van der Waals surface area (Å²) in [4.78, 5) is 20.1. The van der Waals surface area contributed by atoms with E-state index in [1.54, 1.807) is 14.0 Å². The Balaban J connectivity index is 1.85. The molecule has 0 aliphatic rings. The van der Waals surface area contributed by atoms with Crippen LogP contribution in [0.2, 0.25) is 0 Å². The van der Waals surface area contributed by atoms with E-state index in [1.165, 1.54) is 11.8 Å². The molecule has 1 aromatic heterocycles. The number of nitrogens with zero attached hydrogens (tertiary/aromatic N) is 1. The maximum Gasteiger partial charge on any atom is 0.171 e. The fourth-order valence-corrected chi connectivity index (χ4v) is 2.81. The number of hydrogen-bond acceptors (Lipinski definition) is 4. The minimum atomic E-state index is 0.0717. The minimum absolute atomic E-state index is 0.0717. The molecule has 21 heavy (non-hydrogen) atoms. The average Bonchev–Trinajstić information content (AvgIpc) is 2.88. The largest absolute Gasteiger partial charge is 0.497 e. The van der Waals surface area contributed by atoms with Crippen molar-refractivity contribution in [3.8, 4) is 5.75 Å². The van der Waals surface area contributed by atoms with Crippen LogP contribution in [0.1, 0.15) is 17.3 Å². The fourth-order valence-electron chi connectivity index (χ4n) is 2.01. The Labute approximate surface area is 126 Å². The maximum absolute atomic E-state index is 11.3. The van der Waals surface area contributed by atoms with Gasteiger partial charge in [0.25, 0.3) is 0 Å². The normalized spacial score (nSPS) is 10.8. The lowest BCUT2D eigenvalue weighted by Gasteiger charge is -1.99. The molecular formula is C16H14N2O2S. The molecule has 3 rings (SSSR count). The van der Waals surface area contributed by atoms with E-state index in [9.17, 15) is 4.79 Å². The highest BCUT2D eigenvalue weighted by Crippen LogP contribution is 2.28. The van der Waals surface area contributed by atoms with Crippen molar-refractivity contribution < 1.29 is 9.53 Å². The van der Waals surface area contributed by atoms with Crippen molar-refractivity contribution in [1.29, 1.82) is 0 Å². The number of Topliss-reactive ketones (excluding diaryl/α,β-unsaturated/α-hetero) is 1. The van der Waals surface area contributed by atoms with Crippen LogP contribution in [-0.2, 0) is 0 Å². The lowest BCUT2D eigenvalue weighted by atomic mass is 10.2. The highest BCUT2D eigenvalue weighted by atomic mass is 32.2. The van der Waals surface area contributed by atoms with Crippen LogP contribution in [0.15, 0.2) is 52.5 Å². The predicted molar refractivity (Wildman–Crippen MR) is 83.2 cm³/mol. The molecule has 0 aliphatic carbocycles. The quantitative estimate of drug-likeness (QED) is 0.742. The summed E-state index contributed by atoms with van der Waals surface area (Å²) in [5.74, 6) is 0.871. The van der Waals surface area contributed by atoms with E-state index in [0.717, 1.165) is 26.8 Å². The molecule has 1 heterocycles. The molecule has 0 amide bonds. The molecule has 0 saturated heterocycles. The van der Waals surface area contributed by atoms with Gasteiger partial charge in [0.15, 0.2) is 10.9 Å². The van der Waals surface area contributed by atoms with Gasteiger partial charge in [-0.2, -0.15) is 0 Å². The van der Waals surface area contributed by atoms with Crippen LogP contribution in [0.3, 0.4) is 0 Å². The highest BCUT2D eigenvalue weighted by molar-refractivity contribution is 7.99. The monoisotopic (exact) mass is 298 g/mol. The second-order valence-electron chi connectivity index (χ2n) is 4.61. The minimum Gasteiger partial charge on any atom is -0.497 e. The molecule has 4 nitrogen and oxygen atoms in total. The number of carbonyl (C=O) groups excluding carboxylic acids is 1. The van der Waals surface area contributed by atoms with E-state index < -0.39 is 0 Å². The summed E-state index contributed by atoms with van der Waals surface area (Å²) in [6, 6.07) is 13.2. The molecule has 1 N–H and O–H groups in total. The standard InChI is InChI=1S/C16H14N2O2S/c1-10(19)11-3-6-13(7-4-11)21-16-17-14-8-5-12(20-2)9-15(14)18-16/h3-9H,1-2H3,(H,17,18). The van der Waals surface area contributed by atoms with E-state index in [1.807, 2.05) is 42.5 Å². The number of hydrogen-bond donors (Lipinski definition) is 1. The Morgan fingerprint density at radius 3 is 2.62 bits per heavy atom. The Bertz CT molecular complexity index is 794. The zero-order chi connectivity index (χ0) is 14.8. The molecule has 3 aromatic rings. The molecule has 0 bridgehead atoms. The first-order valence-corrected chi connectivity index (χ1v) is 7.30. The van der Waals surface area contributed by atoms with Crippen LogP contribution in [-0.4, -0.2) is 22.9 Å². The van der Waals surface area contributed by atoms with Crippen LogP contribution < -0.4 is 4.74 Å². The smallest absolute Gasteiger partial charge is 0.171 e. The van der Waals surface area contributed by atoms with Crippen molar-refractivity contribution in [2.75, 3.05) is 7.11 Å². The van der Waals surface area contributed by atoms with Gasteiger partial charge in [0.05, 0.1) is 18.1 Å². The Hall–Kier alpha value is -2.27. The average molecular weight is 298 g/mol. The van der Waals surface area contributed by atoms with Crippen LogP contribution >= 0.6 is 11.8 Å². The second-order valence-corrected chi connectivity index (χ2v) is 5.67. The highest BCUT2D eigenvalue weighted by Gasteiger charge is 2.06. The summed E-state index contributed by atoms with van der Waals surface area (Å²) in [7, 11) is 1.64. The summed E-state index contributed by atoms with van der Waals surface area (Å²) in [6.07, 6.45) is 0. The van der Waals surface area contributed by atoms with Gasteiger partial charge < -0.3 is 9.72 Å².